The Kier molecular flexibility index (Phi) is 5.44. The number of rotatable bonds is 7. The molecule has 0 spiro atoms. The number of amides is 1. The van der Waals surface area contributed by atoms with Crippen LogP contribution in [0.4, 0.5) is 0 Å². The van der Waals surface area contributed by atoms with Crippen molar-refractivity contribution in [3.05, 3.63) is 23.8 Å². The first-order chi connectivity index (χ1) is 10.2. The van der Waals surface area contributed by atoms with Gasteiger partial charge < -0.3 is 19.7 Å². The van der Waals surface area contributed by atoms with Gasteiger partial charge in [0, 0.05) is 24.7 Å². The Bertz CT molecular complexity index is 490. The Morgan fingerprint density at radius 1 is 1.33 bits per heavy atom. The number of carbonyl (C=O) groups excluding carboxylic acids is 1. The number of ether oxygens (including phenoxy) is 2. The van der Waals surface area contributed by atoms with Crippen LogP contribution in [0, 0.1) is 0 Å². The van der Waals surface area contributed by atoms with Crippen molar-refractivity contribution in [1.82, 2.24) is 10.2 Å². The standard InChI is InChI=1S/C16H24N2O3/c1-4-8-17-14-7-9-18(16(14)19)11-12-5-6-13(20-2)10-15(12)21-3/h5-6,10,14,17H,4,7-9,11H2,1-3H3. The van der Waals surface area contributed by atoms with Crippen molar-refractivity contribution in [2.75, 3.05) is 27.3 Å². The van der Waals surface area contributed by atoms with Gasteiger partial charge in [0.1, 0.15) is 11.5 Å². The third kappa shape index (κ3) is 3.67. The van der Waals surface area contributed by atoms with E-state index in [4.69, 9.17) is 9.47 Å². The zero-order chi connectivity index (χ0) is 15.2. The van der Waals surface area contributed by atoms with Crippen molar-refractivity contribution in [2.45, 2.75) is 32.4 Å². The van der Waals surface area contributed by atoms with E-state index in [0.29, 0.717) is 6.54 Å². The van der Waals surface area contributed by atoms with Crippen LogP contribution in [0.1, 0.15) is 25.3 Å². The molecule has 1 N–H and O–H groups in total. The number of methoxy groups -OCH3 is 2. The first kappa shape index (κ1) is 15.6. The van der Waals surface area contributed by atoms with Gasteiger partial charge in [-0.15, -0.1) is 0 Å². The smallest absolute Gasteiger partial charge is 0.240 e. The van der Waals surface area contributed by atoms with E-state index in [0.717, 1.165) is 43.0 Å². The molecule has 2 rings (SSSR count). The summed E-state index contributed by atoms with van der Waals surface area (Å²) in [5, 5.41) is 3.30. The normalized spacial score (nSPS) is 18.1. The molecule has 5 nitrogen and oxygen atoms in total. The fourth-order valence-electron chi connectivity index (χ4n) is 2.59. The van der Waals surface area contributed by atoms with Gasteiger partial charge in [0.2, 0.25) is 5.91 Å². The van der Waals surface area contributed by atoms with E-state index < -0.39 is 0 Å². The van der Waals surface area contributed by atoms with Crippen LogP contribution in [-0.4, -0.2) is 44.2 Å². The van der Waals surface area contributed by atoms with Crippen LogP contribution in [0.5, 0.6) is 11.5 Å². The Labute approximate surface area is 126 Å². The number of likely N-dealkylation sites (tertiary alicyclic amines) is 1. The average molecular weight is 292 g/mol. The third-order valence-electron chi connectivity index (χ3n) is 3.79. The number of hydrogen-bond acceptors (Lipinski definition) is 4. The molecule has 1 unspecified atom stereocenters. The van der Waals surface area contributed by atoms with E-state index in [9.17, 15) is 4.79 Å². The predicted octanol–water partition coefficient (Wildman–Crippen LogP) is 1.80. The van der Waals surface area contributed by atoms with Gasteiger partial charge in [0.05, 0.1) is 20.3 Å². The molecule has 1 atom stereocenters. The van der Waals surface area contributed by atoms with Crippen molar-refractivity contribution in [3.63, 3.8) is 0 Å². The van der Waals surface area contributed by atoms with Crippen LogP contribution in [0.3, 0.4) is 0 Å². The molecule has 1 heterocycles. The van der Waals surface area contributed by atoms with Crippen LogP contribution in [0.25, 0.3) is 0 Å². The molecule has 1 aromatic carbocycles. The Morgan fingerprint density at radius 2 is 2.14 bits per heavy atom. The molecular formula is C16H24N2O3. The molecule has 21 heavy (non-hydrogen) atoms. The lowest BCUT2D eigenvalue weighted by molar-refractivity contribution is -0.129. The minimum absolute atomic E-state index is 0.0332. The summed E-state index contributed by atoms with van der Waals surface area (Å²) in [6, 6.07) is 5.67. The van der Waals surface area contributed by atoms with E-state index in [2.05, 4.69) is 12.2 Å². The highest BCUT2D eigenvalue weighted by atomic mass is 16.5. The molecule has 0 saturated carbocycles. The van der Waals surface area contributed by atoms with E-state index in [1.165, 1.54) is 0 Å². The molecule has 5 heteroatoms. The topological polar surface area (TPSA) is 50.8 Å². The van der Waals surface area contributed by atoms with Gasteiger partial charge in [-0.25, -0.2) is 0 Å². The van der Waals surface area contributed by atoms with Gasteiger partial charge in [0.25, 0.3) is 0 Å². The molecule has 1 saturated heterocycles. The quantitative estimate of drug-likeness (QED) is 0.832. The number of nitrogens with zero attached hydrogens (tertiary/aromatic N) is 1. The molecule has 0 radical (unpaired) electrons. The van der Waals surface area contributed by atoms with Crippen molar-refractivity contribution in [2.24, 2.45) is 0 Å². The summed E-state index contributed by atoms with van der Waals surface area (Å²) >= 11 is 0. The van der Waals surface area contributed by atoms with Gasteiger partial charge in [-0.3, -0.25) is 4.79 Å². The SMILES string of the molecule is CCCNC1CCN(Cc2ccc(OC)cc2OC)C1=O. The van der Waals surface area contributed by atoms with Crippen LogP contribution >= 0.6 is 0 Å². The average Bonchev–Trinajstić information content (AvgIpc) is 2.86. The van der Waals surface area contributed by atoms with E-state index in [1.807, 2.05) is 23.1 Å². The second-order valence-electron chi connectivity index (χ2n) is 5.23. The molecule has 0 bridgehead atoms. The highest BCUT2D eigenvalue weighted by molar-refractivity contribution is 5.84. The van der Waals surface area contributed by atoms with Crippen LogP contribution < -0.4 is 14.8 Å². The summed E-state index contributed by atoms with van der Waals surface area (Å²) < 4.78 is 10.6. The molecule has 0 aromatic heterocycles. The van der Waals surface area contributed by atoms with Crippen LogP contribution in [0.15, 0.2) is 18.2 Å². The van der Waals surface area contributed by atoms with Crippen molar-refractivity contribution in [3.8, 4) is 11.5 Å². The third-order valence-corrected chi connectivity index (χ3v) is 3.79. The summed E-state index contributed by atoms with van der Waals surface area (Å²) in [6.07, 6.45) is 1.91. The highest BCUT2D eigenvalue weighted by Gasteiger charge is 2.31. The lowest BCUT2D eigenvalue weighted by atomic mass is 10.1. The minimum atomic E-state index is -0.0332. The molecule has 1 amide bonds. The predicted molar refractivity (Wildman–Crippen MR) is 81.7 cm³/mol. The molecule has 116 valence electrons. The highest BCUT2D eigenvalue weighted by Crippen LogP contribution is 2.27. The van der Waals surface area contributed by atoms with E-state index in [-0.39, 0.29) is 11.9 Å². The summed E-state index contributed by atoms with van der Waals surface area (Å²) in [7, 11) is 3.26. The maximum atomic E-state index is 12.3. The maximum Gasteiger partial charge on any atom is 0.240 e. The number of benzene rings is 1. The number of carbonyl (C=O) groups is 1. The zero-order valence-electron chi connectivity index (χ0n) is 13.0. The molecular weight excluding hydrogens is 268 g/mol. The first-order valence-corrected chi connectivity index (χ1v) is 7.42. The second-order valence-corrected chi connectivity index (χ2v) is 5.23. The Hall–Kier alpha value is -1.75. The van der Waals surface area contributed by atoms with Crippen LogP contribution in [0.2, 0.25) is 0 Å². The minimum Gasteiger partial charge on any atom is -0.497 e. The second kappa shape index (κ2) is 7.31. The van der Waals surface area contributed by atoms with Gasteiger partial charge in [-0.2, -0.15) is 0 Å². The van der Waals surface area contributed by atoms with E-state index >= 15 is 0 Å². The Morgan fingerprint density at radius 3 is 2.81 bits per heavy atom. The fraction of sp³-hybridized carbons (Fsp3) is 0.562. The van der Waals surface area contributed by atoms with Crippen molar-refractivity contribution < 1.29 is 14.3 Å². The van der Waals surface area contributed by atoms with Gasteiger partial charge in [-0.05, 0) is 31.5 Å². The lowest BCUT2D eigenvalue weighted by Gasteiger charge is -2.19. The summed E-state index contributed by atoms with van der Waals surface area (Å²) in [5.74, 6) is 1.69. The summed E-state index contributed by atoms with van der Waals surface area (Å²) in [6.45, 7) is 4.36. The molecule has 0 aliphatic carbocycles. The fourth-order valence-corrected chi connectivity index (χ4v) is 2.59. The summed E-state index contributed by atoms with van der Waals surface area (Å²) in [5.41, 5.74) is 1.00. The van der Waals surface area contributed by atoms with E-state index in [1.54, 1.807) is 14.2 Å². The molecule has 1 aliphatic heterocycles. The van der Waals surface area contributed by atoms with Crippen molar-refractivity contribution >= 4 is 5.91 Å². The van der Waals surface area contributed by atoms with Crippen LogP contribution in [-0.2, 0) is 11.3 Å². The molecule has 1 aromatic rings. The van der Waals surface area contributed by atoms with Gasteiger partial charge in [-0.1, -0.05) is 6.92 Å². The lowest BCUT2D eigenvalue weighted by Crippen LogP contribution is -2.38. The largest absolute Gasteiger partial charge is 0.497 e. The Balaban J connectivity index is 2.03. The monoisotopic (exact) mass is 292 g/mol. The molecule has 1 aliphatic rings. The molecule has 1 fully saturated rings. The number of hydrogen-bond donors (Lipinski definition) is 1. The first-order valence-electron chi connectivity index (χ1n) is 7.42. The number of nitrogens with one attached hydrogen (secondary N) is 1. The summed E-state index contributed by atoms with van der Waals surface area (Å²) in [4.78, 5) is 14.2. The maximum absolute atomic E-state index is 12.3. The van der Waals surface area contributed by atoms with Crippen molar-refractivity contribution in [1.29, 1.82) is 0 Å². The van der Waals surface area contributed by atoms with Gasteiger partial charge >= 0.3 is 0 Å². The zero-order valence-corrected chi connectivity index (χ0v) is 13.0. The van der Waals surface area contributed by atoms with Gasteiger partial charge in [0.15, 0.2) is 0 Å².